The van der Waals surface area contributed by atoms with Gasteiger partial charge in [-0.15, -0.1) is 23.1 Å². The minimum absolute atomic E-state index is 0.0491. The van der Waals surface area contributed by atoms with Crippen molar-refractivity contribution in [1.29, 1.82) is 0 Å². The lowest BCUT2D eigenvalue weighted by atomic mass is 10.0. The van der Waals surface area contributed by atoms with Crippen LogP contribution in [0.4, 0.5) is 0 Å². The van der Waals surface area contributed by atoms with Crippen LogP contribution in [0.15, 0.2) is 41.3 Å². The highest BCUT2D eigenvalue weighted by Crippen LogP contribution is 2.39. The SMILES string of the molecule is CSc1ccc(C(c2ccc(Cl)s2)N2CCCC2C(=O)O)cc1. The molecular weight excluding hydrogens is 350 g/mol. The number of carboxylic acids is 1. The lowest BCUT2D eigenvalue weighted by molar-refractivity contribution is -0.142. The first-order valence-corrected chi connectivity index (χ1v) is 9.90. The normalized spacial score (nSPS) is 19.8. The first-order chi connectivity index (χ1) is 11.1. The Bertz CT molecular complexity index is 686. The molecule has 2 aromatic rings. The number of aliphatic carboxylic acids is 1. The molecule has 2 unspecified atom stereocenters. The molecule has 6 heteroatoms. The van der Waals surface area contributed by atoms with Gasteiger partial charge in [0.05, 0.1) is 10.4 Å². The Labute approximate surface area is 149 Å². The average Bonchev–Trinajstić information content (AvgIpc) is 3.18. The molecular formula is C17H18ClNO2S2. The molecule has 3 rings (SSSR count). The van der Waals surface area contributed by atoms with Crippen LogP contribution in [0.2, 0.25) is 4.34 Å². The third-order valence-corrected chi connectivity index (χ3v) is 6.23. The summed E-state index contributed by atoms with van der Waals surface area (Å²) >= 11 is 9.35. The smallest absolute Gasteiger partial charge is 0.320 e. The predicted octanol–water partition coefficient (Wildman–Crippen LogP) is 4.76. The van der Waals surface area contributed by atoms with Crippen molar-refractivity contribution in [3.63, 3.8) is 0 Å². The number of hydrogen-bond acceptors (Lipinski definition) is 4. The monoisotopic (exact) mass is 367 g/mol. The van der Waals surface area contributed by atoms with Crippen LogP contribution in [0.25, 0.3) is 0 Å². The third-order valence-electron chi connectivity index (χ3n) is 4.21. The second-order valence-corrected chi connectivity index (χ2v) is 8.18. The van der Waals surface area contributed by atoms with Crippen molar-refractivity contribution in [1.82, 2.24) is 4.90 Å². The van der Waals surface area contributed by atoms with Gasteiger partial charge in [0.2, 0.25) is 0 Å². The van der Waals surface area contributed by atoms with E-state index in [2.05, 4.69) is 29.2 Å². The van der Waals surface area contributed by atoms with E-state index in [0.29, 0.717) is 6.42 Å². The molecule has 0 saturated carbocycles. The molecule has 1 aromatic carbocycles. The molecule has 0 bridgehead atoms. The van der Waals surface area contributed by atoms with Crippen LogP contribution < -0.4 is 0 Å². The van der Waals surface area contributed by atoms with Gasteiger partial charge in [-0.3, -0.25) is 9.69 Å². The van der Waals surface area contributed by atoms with Crippen molar-refractivity contribution in [2.45, 2.75) is 29.8 Å². The third kappa shape index (κ3) is 3.58. The average molecular weight is 368 g/mol. The second-order valence-electron chi connectivity index (χ2n) is 5.55. The first kappa shape index (κ1) is 16.8. The van der Waals surface area contributed by atoms with Crippen LogP contribution in [0, 0.1) is 0 Å². The van der Waals surface area contributed by atoms with E-state index in [1.165, 1.54) is 16.2 Å². The highest BCUT2D eigenvalue weighted by atomic mass is 35.5. The Hall–Kier alpha value is -1.01. The number of halogens is 1. The summed E-state index contributed by atoms with van der Waals surface area (Å²) in [6, 6.07) is 11.8. The Morgan fingerprint density at radius 3 is 2.65 bits per heavy atom. The molecule has 1 fully saturated rings. The lowest BCUT2D eigenvalue weighted by Gasteiger charge is -2.31. The van der Waals surface area contributed by atoms with E-state index in [-0.39, 0.29) is 6.04 Å². The van der Waals surface area contributed by atoms with E-state index in [4.69, 9.17) is 11.6 Å². The standard InChI is InChI=1S/C17H18ClNO2S2/c1-22-12-6-4-11(5-7-12)16(14-8-9-15(18)23-14)19-10-2-3-13(19)17(20)21/h4-9,13,16H,2-3,10H2,1H3,(H,20,21). The molecule has 23 heavy (non-hydrogen) atoms. The number of thiophene rings is 1. The lowest BCUT2D eigenvalue weighted by Crippen LogP contribution is -2.38. The van der Waals surface area contributed by atoms with Gasteiger partial charge in [0.1, 0.15) is 6.04 Å². The van der Waals surface area contributed by atoms with Gasteiger partial charge in [-0.1, -0.05) is 23.7 Å². The van der Waals surface area contributed by atoms with Gasteiger partial charge in [0.15, 0.2) is 0 Å². The molecule has 1 N–H and O–H groups in total. The zero-order valence-corrected chi connectivity index (χ0v) is 15.1. The van der Waals surface area contributed by atoms with E-state index in [0.717, 1.165) is 27.7 Å². The largest absolute Gasteiger partial charge is 0.480 e. The van der Waals surface area contributed by atoms with Crippen LogP contribution in [0.1, 0.15) is 29.3 Å². The molecule has 3 nitrogen and oxygen atoms in total. The molecule has 0 aliphatic carbocycles. The summed E-state index contributed by atoms with van der Waals surface area (Å²) in [5, 5.41) is 9.55. The molecule has 2 heterocycles. The zero-order valence-electron chi connectivity index (χ0n) is 12.7. The number of nitrogens with zero attached hydrogens (tertiary/aromatic N) is 1. The van der Waals surface area contributed by atoms with Crippen molar-refractivity contribution < 1.29 is 9.90 Å². The Kier molecular flexibility index (Phi) is 5.31. The fraction of sp³-hybridized carbons (Fsp3) is 0.353. The van der Waals surface area contributed by atoms with Gasteiger partial charge >= 0.3 is 5.97 Å². The van der Waals surface area contributed by atoms with Gasteiger partial charge in [-0.2, -0.15) is 0 Å². The number of thioether (sulfide) groups is 1. The molecule has 1 aliphatic rings. The quantitative estimate of drug-likeness (QED) is 0.773. The van der Waals surface area contributed by atoms with Gasteiger partial charge in [0.25, 0.3) is 0 Å². The number of carbonyl (C=O) groups is 1. The Morgan fingerprint density at radius 2 is 2.09 bits per heavy atom. The van der Waals surface area contributed by atoms with Gasteiger partial charge in [-0.05, 0) is 48.9 Å². The second kappa shape index (κ2) is 7.26. The highest BCUT2D eigenvalue weighted by molar-refractivity contribution is 7.98. The molecule has 0 spiro atoms. The molecule has 0 radical (unpaired) electrons. The summed E-state index contributed by atoms with van der Waals surface area (Å²) in [6.45, 7) is 0.793. The molecule has 1 aromatic heterocycles. The summed E-state index contributed by atoms with van der Waals surface area (Å²) in [5.74, 6) is -0.740. The van der Waals surface area contributed by atoms with E-state index in [1.54, 1.807) is 11.8 Å². The molecule has 1 aliphatic heterocycles. The first-order valence-electron chi connectivity index (χ1n) is 7.48. The number of hydrogen-bond donors (Lipinski definition) is 1. The molecule has 2 atom stereocenters. The molecule has 1 saturated heterocycles. The highest BCUT2D eigenvalue weighted by Gasteiger charge is 2.37. The topological polar surface area (TPSA) is 40.5 Å². The summed E-state index contributed by atoms with van der Waals surface area (Å²) in [4.78, 5) is 16.0. The van der Waals surface area contributed by atoms with Crippen LogP contribution in [0.5, 0.6) is 0 Å². The van der Waals surface area contributed by atoms with E-state index in [1.807, 2.05) is 18.4 Å². The summed E-state index contributed by atoms with van der Waals surface area (Å²) in [7, 11) is 0. The van der Waals surface area contributed by atoms with Gasteiger partial charge < -0.3 is 5.11 Å². The summed E-state index contributed by atoms with van der Waals surface area (Å²) in [6.07, 6.45) is 3.66. The van der Waals surface area contributed by atoms with E-state index >= 15 is 0 Å². The summed E-state index contributed by atoms with van der Waals surface area (Å²) < 4.78 is 0.733. The van der Waals surface area contributed by atoms with Crippen LogP contribution in [-0.2, 0) is 4.79 Å². The van der Waals surface area contributed by atoms with Crippen LogP contribution in [-0.4, -0.2) is 34.8 Å². The van der Waals surface area contributed by atoms with Crippen molar-refractivity contribution in [3.05, 3.63) is 51.2 Å². The van der Waals surface area contributed by atoms with Crippen LogP contribution in [0.3, 0.4) is 0 Å². The maximum Gasteiger partial charge on any atom is 0.320 e. The predicted molar refractivity (Wildman–Crippen MR) is 96.8 cm³/mol. The minimum atomic E-state index is -0.740. The fourth-order valence-corrected chi connectivity index (χ4v) is 4.76. The van der Waals surface area contributed by atoms with Crippen molar-refractivity contribution >= 4 is 40.7 Å². The molecule has 0 amide bonds. The van der Waals surface area contributed by atoms with Crippen molar-refractivity contribution in [2.24, 2.45) is 0 Å². The fourth-order valence-electron chi connectivity index (χ4n) is 3.14. The number of likely N-dealkylation sites (tertiary alicyclic amines) is 1. The van der Waals surface area contributed by atoms with Crippen molar-refractivity contribution in [2.75, 3.05) is 12.8 Å². The number of rotatable bonds is 5. The van der Waals surface area contributed by atoms with Gasteiger partial charge in [-0.25, -0.2) is 0 Å². The number of benzene rings is 1. The Balaban J connectivity index is 2.01. The maximum absolute atomic E-state index is 11.6. The summed E-state index contributed by atoms with van der Waals surface area (Å²) in [5.41, 5.74) is 1.12. The van der Waals surface area contributed by atoms with Crippen molar-refractivity contribution in [3.8, 4) is 0 Å². The van der Waals surface area contributed by atoms with Gasteiger partial charge in [0, 0.05) is 16.3 Å². The zero-order chi connectivity index (χ0) is 16.4. The number of carboxylic acid groups (broad SMARTS) is 1. The maximum atomic E-state index is 11.6. The minimum Gasteiger partial charge on any atom is -0.480 e. The Morgan fingerprint density at radius 1 is 1.35 bits per heavy atom. The van der Waals surface area contributed by atoms with Crippen LogP contribution >= 0.6 is 34.7 Å². The van der Waals surface area contributed by atoms with E-state index in [9.17, 15) is 9.90 Å². The van der Waals surface area contributed by atoms with E-state index < -0.39 is 12.0 Å². The molecule has 122 valence electrons.